The van der Waals surface area contributed by atoms with E-state index in [1.807, 2.05) is 6.07 Å². The third-order valence-electron chi connectivity index (χ3n) is 3.45. The molecule has 0 saturated heterocycles. The predicted molar refractivity (Wildman–Crippen MR) is 82.0 cm³/mol. The molecule has 0 amide bonds. The Hall–Kier alpha value is -3.33. The molecule has 1 unspecified atom stereocenters. The molecule has 3 aromatic rings. The van der Waals surface area contributed by atoms with Crippen LogP contribution in [0.2, 0.25) is 0 Å². The second kappa shape index (κ2) is 5.81. The van der Waals surface area contributed by atoms with Crippen molar-refractivity contribution < 1.29 is 13.9 Å². The van der Waals surface area contributed by atoms with Crippen LogP contribution in [-0.4, -0.2) is 10.5 Å². The van der Waals surface area contributed by atoms with Gasteiger partial charge in [-0.2, -0.15) is 5.26 Å². The molecule has 1 atom stereocenters. The lowest BCUT2D eigenvalue weighted by Gasteiger charge is -2.12. The lowest BCUT2D eigenvalue weighted by Crippen LogP contribution is -2.28. The van der Waals surface area contributed by atoms with Crippen LogP contribution >= 0.6 is 0 Å². The average molecular weight is 308 g/mol. The standard InChI is InChI=1S/C17H12N2O4/c1-11(16(20)22-13-8-6-12(10-18)7-9-13)19-14-4-2-3-5-15(14)23-17(19)21/h2-9,11H,1H3. The van der Waals surface area contributed by atoms with Gasteiger partial charge in [0.2, 0.25) is 0 Å². The highest BCUT2D eigenvalue weighted by Gasteiger charge is 2.23. The Labute approximate surface area is 131 Å². The van der Waals surface area contributed by atoms with Crippen LogP contribution in [0, 0.1) is 11.3 Å². The number of oxazole rings is 1. The van der Waals surface area contributed by atoms with E-state index in [1.165, 1.54) is 16.7 Å². The van der Waals surface area contributed by atoms with Gasteiger partial charge in [0.15, 0.2) is 5.58 Å². The fourth-order valence-electron chi connectivity index (χ4n) is 2.26. The number of esters is 1. The molecule has 0 fully saturated rings. The van der Waals surface area contributed by atoms with Gasteiger partial charge in [-0.3, -0.25) is 4.57 Å². The number of ether oxygens (including phenoxy) is 1. The summed E-state index contributed by atoms with van der Waals surface area (Å²) in [5, 5.41) is 8.75. The Morgan fingerprint density at radius 2 is 1.91 bits per heavy atom. The zero-order valence-electron chi connectivity index (χ0n) is 12.2. The van der Waals surface area contributed by atoms with Crippen molar-refractivity contribution in [2.24, 2.45) is 0 Å². The summed E-state index contributed by atoms with van der Waals surface area (Å²) < 4.78 is 11.6. The van der Waals surface area contributed by atoms with Crippen LogP contribution in [0.1, 0.15) is 18.5 Å². The molecule has 0 radical (unpaired) electrons. The molecule has 3 rings (SSSR count). The minimum absolute atomic E-state index is 0.307. The van der Waals surface area contributed by atoms with Crippen molar-refractivity contribution in [3.05, 3.63) is 64.6 Å². The largest absolute Gasteiger partial charge is 0.425 e. The smallest absolute Gasteiger partial charge is 0.420 e. The Bertz CT molecular complexity index is 961. The molecular weight excluding hydrogens is 296 g/mol. The zero-order chi connectivity index (χ0) is 16.4. The minimum atomic E-state index is -0.846. The topological polar surface area (TPSA) is 85.2 Å². The van der Waals surface area contributed by atoms with Crippen LogP contribution in [0.3, 0.4) is 0 Å². The van der Waals surface area contributed by atoms with E-state index in [-0.39, 0.29) is 0 Å². The molecule has 0 spiro atoms. The highest BCUT2D eigenvalue weighted by molar-refractivity contribution is 5.80. The summed E-state index contributed by atoms with van der Waals surface area (Å²) in [5.41, 5.74) is 1.41. The van der Waals surface area contributed by atoms with Gasteiger partial charge in [-0.15, -0.1) is 0 Å². The van der Waals surface area contributed by atoms with E-state index in [2.05, 4.69) is 0 Å². The number of nitriles is 1. The molecular formula is C17H12N2O4. The minimum Gasteiger partial charge on any atom is -0.425 e. The molecule has 6 heteroatoms. The van der Waals surface area contributed by atoms with E-state index >= 15 is 0 Å². The maximum absolute atomic E-state index is 12.3. The number of carbonyl (C=O) groups excluding carboxylic acids is 1. The van der Waals surface area contributed by atoms with Gasteiger partial charge < -0.3 is 9.15 Å². The first-order valence-corrected chi connectivity index (χ1v) is 6.92. The van der Waals surface area contributed by atoms with Crippen molar-refractivity contribution in [2.45, 2.75) is 13.0 Å². The summed E-state index contributed by atoms with van der Waals surface area (Å²) in [5.74, 6) is -0.902. The van der Waals surface area contributed by atoms with Crippen molar-refractivity contribution >= 4 is 17.1 Å². The Morgan fingerprint density at radius 1 is 1.22 bits per heavy atom. The second-order valence-corrected chi connectivity index (χ2v) is 4.94. The number of nitrogens with zero attached hydrogens (tertiary/aromatic N) is 2. The van der Waals surface area contributed by atoms with E-state index in [0.29, 0.717) is 22.4 Å². The quantitative estimate of drug-likeness (QED) is 0.548. The van der Waals surface area contributed by atoms with Gasteiger partial charge in [-0.05, 0) is 43.3 Å². The number of hydrogen-bond acceptors (Lipinski definition) is 5. The molecule has 0 saturated carbocycles. The normalized spacial score (nSPS) is 11.8. The van der Waals surface area contributed by atoms with Gasteiger partial charge in [0.1, 0.15) is 11.8 Å². The number of rotatable bonds is 3. The first-order valence-electron chi connectivity index (χ1n) is 6.92. The SMILES string of the molecule is CC(C(=O)Oc1ccc(C#N)cc1)n1c(=O)oc2ccccc21. The number of fused-ring (bicyclic) bond motifs is 1. The van der Waals surface area contributed by atoms with Crippen LogP contribution in [0.25, 0.3) is 11.1 Å². The summed E-state index contributed by atoms with van der Waals surface area (Å²) in [6.45, 7) is 1.56. The number of aromatic nitrogens is 1. The highest BCUT2D eigenvalue weighted by Crippen LogP contribution is 2.19. The van der Waals surface area contributed by atoms with Crippen LogP contribution in [0.15, 0.2) is 57.7 Å². The van der Waals surface area contributed by atoms with Crippen LogP contribution < -0.4 is 10.5 Å². The van der Waals surface area contributed by atoms with Gasteiger partial charge in [0.25, 0.3) is 0 Å². The first-order chi connectivity index (χ1) is 11.1. The van der Waals surface area contributed by atoms with Crippen molar-refractivity contribution in [1.29, 1.82) is 5.26 Å². The van der Waals surface area contributed by atoms with Crippen LogP contribution in [0.5, 0.6) is 5.75 Å². The Balaban J connectivity index is 1.88. The molecule has 23 heavy (non-hydrogen) atoms. The van der Waals surface area contributed by atoms with Gasteiger partial charge in [0.05, 0.1) is 17.1 Å². The number of para-hydroxylation sites is 2. The van der Waals surface area contributed by atoms with Crippen molar-refractivity contribution in [2.75, 3.05) is 0 Å². The van der Waals surface area contributed by atoms with Crippen LogP contribution in [-0.2, 0) is 4.79 Å². The van der Waals surface area contributed by atoms with E-state index in [9.17, 15) is 9.59 Å². The van der Waals surface area contributed by atoms with Gasteiger partial charge in [-0.1, -0.05) is 12.1 Å². The zero-order valence-corrected chi connectivity index (χ0v) is 12.2. The van der Waals surface area contributed by atoms with E-state index < -0.39 is 17.8 Å². The molecule has 0 bridgehead atoms. The molecule has 0 N–H and O–H groups in total. The Kier molecular flexibility index (Phi) is 3.69. The molecule has 0 aliphatic rings. The fourth-order valence-corrected chi connectivity index (χ4v) is 2.26. The summed E-state index contributed by atoms with van der Waals surface area (Å²) >= 11 is 0. The van der Waals surface area contributed by atoms with Gasteiger partial charge >= 0.3 is 11.7 Å². The van der Waals surface area contributed by atoms with Gasteiger partial charge in [-0.25, -0.2) is 9.59 Å². The van der Waals surface area contributed by atoms with Gasteiger partial charge in [0, 0.05) is 0 Å². The maximum Gasteiger partial charge on any atom is 0.420 e. The lowest BCUT2D eigenvalue weighted by molar-refractivity contribution is -0.137. The second-order valence-electron chi connectivity index (χ2n) is 4.94. The summed E-state index contributed by atoms with van der Waals surface area (Å²) in [7, 11) is 0. The summed E-state index contributed by atoms with van der Waals surface area (Å²) in [6, 6.07) is 14.1. The third kappa shape index (κ3) is 2.72. The third-order valence-corrected chi connectivity index (χ3v) is 3.45. The van der Waals surface area contributed by atoms with E-state index in [4.69, 9.17) is 14.4 Å². The summed E-state index contributed by atoms with van der Waals surface area (Å²) in [4.78, 5) is 24.2. The predicted octanol–water partition coefficient (Wildman–Crippen LogP) is 2.63. The molecule has 6 nitrogen and oxygen atoms in total. The first kappa shape index (κ1) is 14.6. The highest BCUT2D eigenvalue weighted by atomic mass is 16.5. The number of hydrogen-bond donors (Lipinski definition) is 0. The molecule has 0 aliphatic heterocycles. The summed E-state index contributed by atoms with van der Waals surface area (Å²) in [6.07, 6.45) is 0. The van der Waals surface area contributed by atoms with Crippen molar-refractivity contribution in [1.82, 2.24) is 4.57 Å². The molecule has 114 valence electrons. The Morgan fingerprint density at radius 3 is 2.61 bits per heavy atom. The van der Waals surface area contributed by atoms with E-state index in [1.54, 1.807) is 43.3 Å². The molecule has 1 aromatic heterocycles. The van der Waals surface area contributed by atoms with E-state index in [0.717, 1.165) is 0 Å². The lowest BCUT2D eigenvalue weighted by atomic mass is 10.2. The number of benzene rings is 2. The molecule has 2 aromatic carbocycles. The van der Waals surface area contributed by atoms with Crippen molar-refractivity contribution in [3.8, 4) is 11.8 Å². The fraction of sp³-hybridized carbons (Fsp3) is 0.118. The van der Waals surface area contributed by atoms with Crippen molar-refractivity contribution in [3.63, 3.8) is 0 Å². The monoisotopic (exact) mass is 308 g/mol. The molecule has 0 aliphatic carbocycles. The molecule has 1 heterocycles. The average Bonchev–Trinajstić information content (AvgIpc) is 2.90. The number of carbonyl (C=O) groups is 1. The maximum atomic E-state index is 12.3. The van der Waals surface area contributed by atoms with Crippen LogP contribution in [0.4, 0.5) is 0 Å².